The fraction of sp³-hybridized carbons (Fsp3) is 0.185. The van der Waals surface area contributed by atoms with Crippen LogP contribution in [0.15, 0.2) is 55.5 Å². The maximum atomic E-state index is 15.9. The fourth-order valence-corrected chi connectivity index (χ4v) is 5.37. The normalized spacial score (nSPS) is 18.9. The summed E-state index contributed by atoms with van der Waals surface area (Å²) in [6, 6.07) is 8.60. The molecule has 8 heteroatoms. The molecule has 2 aliphatic heterocycles. The van der Waals surface area contributed by atoms with Gasteiger partial charge in [-0.15, -0.1) is 6.42 Å². The van der Waals surface area contributed by atoms with E-state index in [0.717, 1.165) is 6.42 Å². The lowest BCUT2D eigenvalue weighted by Gasteiger charge is -2.47. The predicted molar refractivity (Wildman–Crippen MR) is 131 cm³/mol. The number of benzene rings is 2. The maximum absolute atomic E-state index is 15.9. The summed E-state index contributed by atoms with van der Waals surface area (Å²) in [6.07, 6.45) is 10.7. The number of hydrogen-bond donors (Lipinski definition) is 1. The lowest BCUT2D eigenvalue weighted by Crippen LogP contribution is -2.63. The molecule has 1 amide bonds. The third kappa shape index (κ3) is 3.05. The Morgan fingerprint density at radius 1 is 1.26 bits per heavy atom. The molecule has 2 aromatic heterocycles. The molecule has 2 atom stereocenters. The Morgan fingerprint density at radius 2 is 2.11 bits per heavy atom. The van der Waals surface area contributed by atoms with Crippen molar-refractivity contribution in [1.82, 2.24) is 19.9 Å². The van der Waals surface area contributed by atoms with E-state index in [1.165, 1.54) is 18.5 Å². The van der Waals surface area contributed by atoms with E-state index in [-0.39, 0.29) is 35.0 Å². The number of phenolic OH excluding ortho intramolecular Hbond substituents is 1. The van der Waals surface area contributed by atoms with Crippen LogP contribution in [0.2, 0.25) is 0 Å². The third-order valence-electron chi connectivity index (χ3n) is 7.00. The van der Waals surface area contributed by atoms with Crippen molar-refractivity contribution < 1.29 is 14.3 Å². The largest absolute Gasteiger partial charge is 0.508 e. The van der Waals surface area contributed by atoms with E-state index < -0.39 is 5.82 Å². The average molecular weight is 465 g/mol. The van der Waals surface area contributed by atoms with Crippen LogP contribution in [0.4, 0.5) is 10.2 Å². The topological polar surface area (TPSA) is 82.5 Å². The number of rotatable bonds is 3. The minimum absolute atomic E-state index is 0.0159. The van der Waals surface area contributed by atoms with Crippen molar-refractivity contribution >= 4 is 33.4 Å². The van der Waals surface area contributed by atoms with Gasteiger partial charge in [-0.05, 0) is 36.1 Å². The van der Waals surface area contributed by atoms with Crippen molar-refractivity contribution in [1.29, 1.82) is 0 Å². The molecule has 4 heterocycles. The molecule has 6 rings (SSSR count). The first-order chi connectivity index (χ1) is 17.0. The zero-order valence-corrected chi connectivity index (χ0v) is 18.6. The van der Waals surface area contributed by atoms with Crippen LogP contribution in [0, 0.1) is 18.2 Å². The highest BCUT2D eigenvalue weighted by Crippen LogP contribution is 2.40. The van der Waals surface area contributed by atoms with Gasteiger partial charge in [0.25, 0.3) is 0 Å². The Labute approximate surface area is 200 Å². The van der Waals surface area contributed by atoms with Crippen molar-refractivity contribution in [3.8, 4) is 29.4 Å². The quantitative estimate of drug-likeness (QED) is 0.368. The Balaban J connectivity index is 1.46. The summed E-state index contributed by atoms with van der Waals surface area (Å²) in [5.41, 5.74) is 1.16. The Hall–Kier alpha value is -4.51. The number of aromatic hydroxyl groups is 1. The number of halogens is 1. The molecule has 0 radical (unpaired) electrons. The lowest BCUT2D eigenvalue weighted by atomic mass is 9.95. The van der Waals surface area contributed by atoms with E-state index in [4.69, 9.17) is 6.42 Å². The first-order valence-electron chi connectivity index (χ1n) is 11.2. The molecule has 0 aliphatic carbocycles. The smallest absolute Gasteiger partial charge is 0.246 e. The molecule has 0 unspecified atom stereocenters. The SMILES string of the molecule is C#Cc1cccc2cc(O)cc(-c3ncc4c(N5C[C@@H]6[C@H]5CCN6C(=O)C=C)ncnc4c3F)c12. The number of fused-ring (bicyclic) bond motifs is 3. The van der Waals surface area contributed by atoms with Crippen LogP contribution in [-0.4, -0.2) is 56.0 Å². The molecule has 7 nitrogen and oxygen atoms in total. The average Bonchev–Trinajstić information content (AvgIpc) is 3.19. The monoisotopic (exact) mass is 465 g/mol. The van der Waals surface area contributed by atoms with Crippen molar-refractivity contribution in [3.63, 3.8) is 0 Å². The van der Waals surface area contributed by atoms with Gasteiger partial charge in [-0.2, -0.15) is 0 Å². The molecule has 172 valence electrons. The van der Waals surface area contributed by atoms with Gasteiger partial charge in [0.1, 0.15) is 29.1 Å². The van der Waals surface area contributed by atoms with E-state index >= 15 is 4.39 Å². The molecule has 2 saturated heterocycles. The molecule has 2 aromatic carbocycles. The van der Waals surface area contributed by atoms with Gasteiger partial charge in [0, 0.05) is 35.8 Å². The number of anilines is 1. The molecule has 1 N–H and O–H groups in total. The summed E-state index contributed by atoms with van der Waals surface area (Å²) in [4.78, 5) is 29.1. The number of phenols is 1. The summed E-state index contributed by atoms with van der Waals surface area (Å²) in [5.74, 6) is 2.52. The summed E-state index contributed by atoms with van der Waals surface area (Å²) in [6.45, 7) is 4.83. The molecular formula is C27H20FN5O2. The van der Waals surface area contributed by atoms with Crippen LogP contribution in [0.5, 0.6) is 5.75 Å². The van der Waals surface area contributed by atoms with Crippen molar-refractivity contribution in [2.45, 2.75) is 18.5 Å². The lowest BCUT2D eigenvalue weighted by molar-refractivity contribution is -0.127. The molecule has 0 spiro atoms. The second-order valence-corrected chi connectivity index (χ2v) is 8.73. The fourth-order valence-electron chi connectivity index (χ4n) is 5.37. The van der Waals surface area contributed by atoms with Crippen LogP contribution >= 0.6 is 0 Å². The van der Waals surface area contributed by atoms with Gasteiger partial charge in [-0.25, -0.2) is 14.4 Å². The molecular weight excluding hydrogens is 445 g/mol. The van der Waals surface area contributed by atoms with E-state index in [2.05, 4.69) is 32.4 Å². The number of likely N-dealkylation sites (tertiary alicyclic amines) is 1. The summed E-state index contributed by atoms with van der Waals surface area (Å²) < 4.78 is 15.9. The Bertz CT molecular complexity index is 1590. The molecule has 2 fully saturated rings. The molecule has 4 aromatic rings. The van der Waals surface area contributed by atoms with Crippen LogP contribution in [0.1, 0.15) is 12.0 Å². The second-order valence-electron chi connectivity index (χ2n) is 8.73. The summed E-state index contributed by atoms with van der Waals surface area (Å²) >= 11 is 0. The Kier molecular flexibility index (Phi) is 4.68. The standard InChI is InChI=1S/C27H20FN5O2/c1-3-15-6-5-7-16-10-17(34)11-18(23(15)16)25-24(28)26-19(12-29-25)27(31-14-30-26)33-13-21-20(33)8-9-32(21)22(35)4-2/h1,4-7,10-12,14,20-21,34H,2,8-9,13H2/t20-,21-/m1/s1. The van der Waals surface area contributed by atoms with E-state index in [9.17, 15) is 9.90 Å². The van der Waals surface area contributed by atoms with Crippen LogP contribution < -0.4 is 4.90 Å². The third-order valence-corrected chi connectivity index (χ3v) is 7.00. The zero-order valence-electron chi connectivity index (χ0n) is 18.6. The van der Waals surface area contributed by atoms with Gasteiger partial charge >= 0.3 is 0 Å². The predicted octanol–water partition coefficient (Wildman–Crippen LogP) is 3.65. The van der Waals surface area contributed by atoms with Crippen molar-refractivity contribution in [2.24, 2.45) is 0 Å². The number of terminal acetylenes is 1. The first-order valence-corrected chi connectivity index (χ1v) is 11.2. The Morgan fingerprint density at radius 3 is 2.91 bits per heavy atom. The number of aromatic nitrogens is 3. The van der Waals surface area contributed by atoms with Crippen LogP contribution in [0.25, 0.3) is 32.9 Å². The van der Waals surface area contributed by atoms with Gasteiger partial charge in [0.15, 0.2) is 5.82 Å². The van der Waals surface area contributed by atoms with Gasteiger partial charge < -0.3 is 14.9 Å². The van der Waals surface area contributed by atoms with Crippen LogP contribution in [-0.2, 0) is 4.79 Å². The zero-order chi connectivity index (χ0) is 24.3. The number of amides is 1. The molecule has 2 aliphatic rings. The highest BCUT2D eigenvalue weighted by molar-refractivity contribution is 6.02. The van der Waals surface area contributed by atoms with Gasteiger partial charge in [-0.3, -0.25) is 9.78 Å². The highest BCUT2D eigenvalue weighted by Gasteiger charge is 2.49. The van der Waals surface area contributed by atoms with E-state index in [1.807, 2.05) is 4.90 Å². The number of pyridine rings is 1. The minimum Gasteiger partial charge on any atom is -0.508 e. The van der Waals surface area contributed by atoms with Crippen molar-refractivity contribution in [3.05, 3.63) is 66.9 Å². The number of carbonyl (C=O) groups excluding carboxylic acids is 1. The van der Waals surface area contributed by atoms with E-state index in [0.29, 0.717) is 46.2 Å². The summed E-state index contributed by atoms with van der Waals surface area (Å²) in [7, 11) is 0. The minimum atomic E-state index is -0.614. The molecule has 0 saturated carbocycles. The van der Waals surface area contributed by atoms with Gasteiger partial charge in [-0.1, -0.05) is 24.6 Å². The summed E-state index contributed by atoms with van der Waals surface area (Å²) in [5, 5.41) is 12.1. The van der Waals surface area contributed by atoms with Gasteiger partial charge in [0.2, 0.25) is 5.91 Å². The van der Waals surface area contributed by atoms with Gasteiger partial charge in [0.05, 0.1) is 17.5 Å². The number of carbonyl (C=O) groups is 1. The van der Waals surface area contributed by atoms with Crippen LogP contribution in [0.3, 0.4) is 0 Å². The molecule has 35 heavy (non-hydrogen) atoms. The van der Waals surface area contributed by atoms with Crippen molar-refractivity contribution in [2.75, 3.05) is 18.0 Å². The second kappa shape index (κ2) is 7.77. The number of nitrogens with zero attached hydrogens (tertiary/aromatic N) is 5. The number of hydrogen-bond acceptors (Lipinski definition) is 6. The highest BCUT2D eigenvalue weighted by atomic mass is 19.1. The first kappa shape index (κ1) is 21.1. The molecule has 0 bridgehead atoms. The maximum Gasteiger partial charge on any atom is 0.246 e. The van der Waals surface area contributed by atoms with E-state index in [1.54, 1.807) is 30.5 Å².